The highest BCUT2D eigenvalue weighted by Gasteiger charge is 2.31. The Bertz CT molecular complexity index is 526. The third kappa shape index (κ3) is 4.18. The fourth-order valence-electron chi connectivity index (χ4n) is 2.12. The number of carboxylic acid groups (broad SMARTS) is 1. The van der Waals surface area contributed by atoms with Crippen LogP contribution < -0.4 is 10.1 Å². The molecule has 0 spiro atoms. The van der Waals surface area contributed by atoms with Gasteiger partial charge in [0.05, 0.1) is 19.1 Å². The highest BCUT2D eigenvalue weighted by atomic mass is 19.1. The van der Waals surface area contributed by atoms with Gasteiger partial charge in [-0.1, -0.05) is 13.8 Å². The van der Waals surface area contributed by atoms with Crippen molar-refractivity contribution in [2.45, 2.75) is 38.6 Å². The predicted octanol–water partition coefficient (Wildman–Crippen LogP) is 2.60. The number of benzene rings is 1. The van der Waals surface area contributed by atoms with Gasteiger partial charge in [-0.05, 0) is 31.0 Å². The maximum Gasteiger partial charge on any atom is 0.305 e. The first-order valence-corrected chi connectivity index (χ1v) is 6.75. The van der Waals surface area contributed by atoms with Crippen molar-refractivity contribution in [3.63, 3.8) is 0 Å². The fourth-order valence-corrected chi connectivity index (χ4v) is 2.12. The molecule has 1 aromatic rings. The zero-order valence-electron chi connectivity index (χ0n) is 12.4. The van der Waals surface area contributed by atoms with Gasteiger partial charge in [-0.25, -0.2) is 4.39 Å². The summed E-state index contributed by atoms with van der Waals surface area (Å²) in [6.45, 7) is 3.63. The number of carboxylic acids is 1. The van der Waals surface area contributed by atoms with Crippen molar-refractivity contribution < 1.29 is 23.8 Å². The first kappa shape index (κ1) is 16.9. The van der Waals surface area contributed by atoms with E-state index >= 15 is 0 Å². The van der Waals surface area contributed by atoms with Gasteiger partial charge in [0.2, 0.25) is 0 Å². The van der Waals surface area contributed by atoms with Crippen molar-refractivity contribution >= 4 is 11.9 Å². The van der Waals surface area contributed by atoms with E-state index in [1.807, 2.05) is 13.8 Å². The van der Waals surface area contributed by atoms with Crippen molar-refractivity contribution in [2.24, 2.45) is 0 Å². The predicted molar refractivity (Wildman–Crippen MR) is 76.0 cm³/mol. The summed E-state index contributed by atoms with van der Waals surface area (Å²) in [6.07, 6.45) is 0.809. The minimum absolute atomic E-state index is 0.0283. The Balaban J connectivity index is 2.99. The van der Waals surface area contributed by atoms with E-state index in [9.17, 15) is 14.0 Å². The zero-order chi connectivity index (χ0) is 16.0. The highest BCUT2D eigenvalue weighted by molar-refractivity contribution is 5.95. The monoisotopic (exact) mass is 297 g/mol. The Morgan fingerprint density at radius 2 is 1.95 bits per heavy atom. The molecule has 2 N–H and O–H groups in total. The maximum absolute atomic E-state index is 13.3. The first-order chi connectivity index (χ1) is 9.87. The van der Waals surface area contributed by atoms with Crippen molar-refractivity contribution in [1.29, 1.82) is 0 Å². The van der Waals surface area contributed by atoms with E-state index in [0.29, 0.717) is 12.8 Å². The van der Waals surface area contributed by atoms with Crippen LogP contribution in [0, 0.1) is 5.82 Å². The van der Waals surface area contributed by atoms with Crippen LogP contribution in [0.3, 0.4) is 0 Å². The molecule has 116 valence electrons. The number of carbonyl (C=O) groups excluding carboxylic acids is 1. The minimum Gasteiger partial charge on any atom is -0.494 e. The van der Waals surface area contributed by atoms with Crippen molar-refractivity contribution in [3.05, 3.63) is 29.6 Å². The Morgan fingerprint density at radius 1 is 1.33 bits per heavy atom. The lowest BCUT2D eigenvalue weighted by molar-refractivity contribution is -0.138. The molecule has 21 heavy (non-hydrogen) atoms. The first-order valence-electron chi connectivity index (χ1n) is 6.75. The zero-order valence-corrected chi connectivity index (χ0v) is 12.4. The van der Waals surface area contributed by atoms with Crippen LogP contribution in [0.4, 0.5) is 4.39 Å². The van der Waals surface area contributed by atoms with Crippen LogP contribution in [0.5, 0.6) is 5.75 Å². The third-order valence-corrected chi connectivity index (χ3v) is 3.64. The van der Waals surface area contributed by atoms with E-state index in [0.717, 1.165) is 6.07 Å². The minimum atomic E-state index is -0.976. The SMILES string of the molecule is CCC(CC)(CC(=O)O)NC(=O)c1ccc(F)c(OC)c1. The summed E-state index contributed by atoms with van der Waals surface area (Å²) in [7, 11) is 1.31. The Kier molecular flexibility index (Phi) is 5.69. The summed E-state index contributed by atoms with van der Waals surface area (Å²) in [4.78, 5) is 23.2. The molecule has 0 bridgehead atoms. The van der Waals surface area contributed by atoms with Crippen molar-refractivity contribution in [2.75, 3.05) is 7.11 Å². The summed E-state index contributed by atoms with van der Waals surface area (Å²) in [5, 5.41) is 11.7. The molecular weight excluding hydrogens is 277 g/mol. The molecule has 1 rings (SSSR count). The summed E-state index contributed by atoms with van der Waals surface area (Å²) in [6, 6.07) is 3.77. The molecule has 0 fully saturated rings. The fraction of sp³-hybridized carbons (Fsp3) is 0.467. The van der Waals surface area contributed by atoms with Crippen LogP contribution in [-0.4, -0.2) is 29.6 Å². The Labute approximate surface area is 123 Å². The van der Waals surface area contributed by atoms with Crippen molar-refractivity contribution in [1.82, 2.24) is 5.32 Å². The van der Waals surface area contributed by atoms with Gasteiger partial charge in [0.25, 0.3) is 5.91 Å². The number of aliphatic carboxylic acids is 1. The van der Waals surface area contributed by atoms with E-state index in [2.05, 4.69) is 5.32 Å². The number of halogens is 1. The molecule has 0 heterocycles. The number of methoxy groups -OCH3 is 1. The molecule has 0 aliphatic heterocycles. The second kappa shape index (κ2) is 7.06. The topological polar surface area (TPSA) is 75.6 Å². The molecule has 0 saturated heterocycles. The molecule has 6 heteroatoms. The van der Waals surface area contributed by atoms with E-state index in [-0.39, 0.29) is 17.7 Å². The average Bonchev–Trinajstić information content (AvgIpc) is 2.46. The maximum atomic E-state index is 13.3. The smallest absolute Gasteiger partial charge is 0.305 e. The summed E-state index contributed by atoms with van der Waals surface area (Å²) >= 11 is 0. The van der Waals surface area contributed by atoms with Crippen LogP contribution in [0.2, 0.25) is 0 Å². The molecule has 0 saturated carbocycles. The standard InChI is InChI=1S/C15H20FNO4/c1-4-15(5-2,9-13(18)19)17-14(20)10-6-7-11(16)12(8-10)21-3/h6-8H,4-5,9H2,1-3H3,(H,17,20)(H,18,19). The highest BCUT2D eigenvalue weighted by Crippen LogP contribution is 2.22. The number of rotatable bonds is 7. The van der Waals surface area contributed by atoms with Crippen LogP contribution in [0.15, 0.2) is 18.2 Å². The summed E-state index contributed by atoms with van der Waals surface area (Å²) in [5.41, 5.74) is -0.588. The van der Waals surface area contributed by atoms with Gasteiger partial charge in [-0.2, -0.15) is 0 Å². The molecule has 1 aromatic carbocycles. The number of ether oxygens (including phenoxy) is 1. The van der Waals surface area contributed by atoms with Crippen LogP contribution >= 0.6 is 0 Å². The van der Waals surface area contributed by atoms with Gasteiger partial charge in [-0.3, -0.25) is 9.59 Å². The van der Waals surface area contributed by atoms with Gasteiger partial charge in [0.15, 0.2) is 11.6 Å². The van der Waals surface area contributed by atoms with Crippen LogP contribution in [0.1, 0.15) is 43.5 Å². The lowest BCUT2D eigenvalue weighted by Gasteiger charge is -2.31. The van der Waals surface area contributed by atoms with E-state index in [1.165, 1.54) is 19.2 Å². The molecular formula is C15H20FNO4. The third-order valence-electron chi connectivity index (χ3n) is 3.64. The normalized spacial score (nSPS) is 11.0. The summed E-state index contributed by atoms with van der Waals surface area (Å²) < 4.78 is 18.2. The van der Waals surface area contributed by atoms with Crippen molar-refractivity contribution in [3.8, 4) is 5.75 Å². The van der Waals surface area contributed by atoms with Gasteiger partial charge in [-0.15, -0.1) is 0 Å². The van der Waals surface area contributed by atoms with Gasteiger partial charge < -0.3 is 15.2 Å². The van der Waals surface area contributed by atoms with E-state index in [4.69, 9.17) is 9.84 Å². The second-order valence-electron chi connectivity index (χ2n) is 4.86. The molecule has 1 amide bonds. The van der Waals surface area contributed by atoms with Gasteiger partial charge >= 0.3 is 5.97 Å². The van der Waals surface area contributed by atoms with Crippen LogP contribution in [-0.2, 0) is 4.79 Å². The molecule has 0 unspecified atom stereocenters. The number of amides is 1. The molecule has 0 atom stereocenters. The molecule has 5 nitrogen and oxygen atoms in total. The van der Waals surface area contributed by atoms with E-state index < -0.39 is 23.2 Å². The quantitative estimate of drug-likeness (QED) is 0.811. The molecule has 0 aliphatic rings. The van der Waals surface area contributed by atoms with Gasteiger partial charge in [0, 0.05) is 5.56 Å². The number of hydrogen-bond donors (Lipinski definition) is 2. The lowest BCUT2D eigenvalue weighted by Crippen LogP contribution is -2.49. The summed E-state index contributed by atoms with van der Waals surface area (Å²) in [5.74, 6) is -2.01. The molecule has 0 aliphatic carbocycles. The number of nitrogens with one attached hydrogen (secondary N) is 1. The lowest BCUT2D eigenvalue weighted by atomic mass is 9.88. The largest absolute Gasteiger partial charge is 0.494 e. The molecule has 0 radical (unpaired) electrons. The van der Waals surface area contributed by atoms with E-state index in [1.54, 1.807) is 0 Å². The Hall–Kier alpha value is -2.11. The average molecular weight is 297 g/mol. The number of hydrogen-bond acceptors (Lipinski definition) is 3. The second-order valence-corrected chi connectivity index (χ2v) is 4.86. The number of carbonyl (C=O) groups is 2. The Morgan fingerprint density at radius 3 is 2.43 bits per heavy atom. The molecule has 0 aromatic heterocycles. The van der Waals surface area contributed by atoms with Crippen LogP contribution in [0.25, 0.3) is 0 Å². The van der Waals surface area contributed by atoms with Gasteiger partial charge in [0.1, 0.15) is 0 Å².